The molecule has 0 heterocycles. The summed E-state index contributed by atoms with van der Waals surface area (Å²) in [5.41, 5.74) is 0.744. The number of aliphatic hydroxyl groups excluding tert-OH is 1. The molecule has 0 amide bonds. The van der Waals surface area contributed by atoms with Gasteiger partial charge in [0.25, 0.3) is 0 Å². The average molecular weight is 224 g/mol. The molecule has 1 atom stereocenters. The van der Waals surface area contributed by atoms with E-state index < -0.39 is 12.1 Å². The van der Waals surface area contributed by atoms with Crippen LogP contribution in [0, 0.1) is 0 Å². The van der Waals surface area contributed by atoms with Crippen molar-refractivity contribution in [3.05, 3.63) is 29.8 Å². The third-order valence-electron chi connectivity index (χ3n) is 2.01. The summed E-state index contributed by atoms with van der Waals surface area (Å²) >= 11 is 0. The lowest BCUT2D eigenvalue weighted by Gasteiger charge is -2.13. The fourth-order valence-corrected chi connectivity index (χ4v) is 1.23. The predicted molar refractivity (Wildman–Crippen MR) is 59.1 cm³/mol. The van der Waals surface area contributed by atoms with Gasteiger partial charge in [-0.25, -0.2) is 4.79 Å². The van der Waals surface area contributed by atoms with Crippen molar-refractivity contribution in [1.82, 2.24) is 0 Å². The summed E-state index contributed by atoms with van der Waals surface area (Å²) in [5, 5.41) is 8.94. The maximum absolute atomic E-state index is 11.3. The first-order valence-corrected chi connectivity index (χ1v) is 5.20. The quantitative estimate of drug-likeness (QED) is 0.770. The summed E-state index contributed by atoms with van der Waals surface area (Å²) in [6, 6.07) is 6.96. The van der Waals surface area contributed by atoms with Gasteiger partial charge in [-0.3, -0.25) is 0 Å². The second kappa shape index (κ2) is 6.12. The van der Waals surface area contributed by atoms with E-state index in [1.54, 1.807) is 38.1 Å². The molecular formula is C12H16O4. The molecule has 0 bridgehead atoms. The van der Waals surface area contributed by atoms with Gasteiger partial charge in [0.2, 0.25) is 0 Å². The lowest BCUT2D eigenvalue weighted by atomic mass is 10.2. The molecule has 1 rings (SSSR count). The van der Waals surface area contributed by atoms with Crippen molar-refractivity contribution >= 4 is 5.97 Å². The van der Waals surface area contributed by atoms with Gasteiger partial charge in [-0.2, -0.15) is 0 Å². The second-order valence-electron chi connectivity index (χ2n) is 3.32. The van der Waals surface area contributed by atoms with Gasteiger partial charge in [0, 0.05) is 0 Å². The SMILES string of the molecule is CCOC(=O)C(C)Oc1cccc(CO)c1. The first kappa shape index (κ1) is 12.5. The van der Waals surface area contributed by atoms with Crippen molar-refractivity contribution < 1.29 is 19.4 Å². The van der Waals surface area contributed by atoms with Gasteiger partial charge in [-0.05, 0) is 31.5 Å². The lowest BCUT2D eigenvalue weighted by molar-refractivity contribution is -0.150. The van der Waals surface area contributed by atoms with Gasteiger partial charge in [0.1, 0.15) is 5.75 Å². The van der Waals surface area contributed by atoms with Gasteiger partial charge in [-0.15, -0.1) is 0 Å². The van der Waals surface area contributed by atoms with Gasteiger partial charge in [-0.1, -0.05) is 12.1 Å². The highest BCUT2D eigenvalue weighted by Gasteiger charge is 2.15. The van der Waals surface area contributed by atoms with E-state index in [2.05, 4.69) is 0 Å². The Hall–Kier alpha value is -1.55. The molecule has 1 aromatic rings. The largest absolute Gasteiger partial charge is 0.479 e. The van der Waals surface area contributed by atoms with Crippen molar-refractivity contribution in [2.24, 2.45) is 0 Å². The number of ether oxygens (including phenoxy) is 2. The molecule has 0 aromatic heterocycles. The Kier molecular flexibility index (Phi) is 4.79. The molecule has 0 radical (unpaired) electrons. The molecular weight excluding hydrogens is 208 g/mol. The topological polar surface area (TPSA) is 55.8 Å². The van der Waals surface area contributed by atoms with E-state index in [1.165, 1.54) is 0 Å². The summed E-state index contributed by atoms with van der Waals surface area (Å²) in [4.78, 5) is 11.3. The maximum Gasteiger partial charge on any atom is 0.347 e. The number of hydrogen-bond acceptors (Lipinski definition) is 4. The Bertz CT molecular complexity index is 349. The normalized spacial score (nSPS) is 11.9. The van der Waals surface area contributed by atoms with Crippen molar-refractivity contribution in [3.63, 3.8) is 0 Å². The number of benzene rings is 1. The minimum absolute atomic E-state index is 0.0506. The van der Waals surface area contributed by atoms with Crippen LogP contribution in [0.25, 0.3) is 0 Å². The van der Waals surface area contributed by atoms with Crippen LogP contribution in [0.3, 0.4) is 0 Å². The lowest BCUT2D eigenvalue weighted by Crippen LogP contribution is -2.26. The zero-order valence-corrected chi connectivity index (χ0v) is 9.47. The maximum atomic E-state index is 11.3. The zero-order valence-electron chi connectivity index (χ0n) is 9.47. The third-order valence-corrected chi connectivity index (χ3v) is 2.01. The molecule has 16 heavy (non-hydrogen) atoms. The minimum Gasteiger partial charge on any atom is -0.479 e. The highest BCUT2D eigenvalue weighted by molar-refractivity contribution is 5.74. The molecule has 0 aliphatic carbocycles. The van der Waals surface area contributed by atoms with Crippen LogP contribution < -0.4 is 4.74 Å². The highest BCUT2D eigenvalue weighted by Crippen LogP contribution is 2.15. The first-order valence-electron chi connectivity index (χ1n) is 5.20. The minimum atomic E-state index is -0.645. The van der Waals surface area contributed by atoms with Crippen molar-refractivity contribution in [3.8, 4) is 5.75 Å². The zero-order chi connectivity index (χ0) is 12.0. The molecule has 0 fully saturated rings. The average Bonchev–Trinajstić information content (AvgIpc) is 2.29. The predicted octanol–water partition coefficient (Wildman–Crippen LogP) is 1.51. The van der Waals surface area contributed by atoms with Gasteiger partial charge in [0.15, 0.2) is 6.10 Å². The van der Waals surface area contributed by atoms with Gasteiger partial charge >= 0.3 is 5.97 Å². The van der Waals surface area contributed by atoms with E-state index >= 15 is 0 Å². The number of hydrogen-bond donors (Lipinski definition) is 1. The van der Waals surface area contributed by atoms with Crippen LogP contribution in [0.2, 0.25) is 0 Å². The Labute approximate surface area is 94.8 Å². The Balaban J connectivity index is 2.61. The summed E-state index contributed by atoms with van der Waals surface area (Å²) in [7, 11) is 0. The number of esters is 1. The Morgan fingerprint density at radius 2 is 2.25 bits per heavy atom. The molecule has 0 aliphatic heterocycles. The molecule has 4 heteroatoms. The molecule has 0 spiro atoms. The van der Waals surface area contributed by atoms with Crippen LogP contribution in [-0.2, 0) is 16.1 Å². The standard InChI is InChI=1S/C12H16O4/c1-3-15-12(14)9(2)16-11-6-4-5-10(7-11)8-13/h4-7,9,13H,3,8H2,1-2H3. The van der Waals surface area contributed by atoms with Crippen LogP contribution in [0.5, 0.6) is 5.75 Å². The van der Waals surface area contributed by atoms with Gasteiger partial charge < -0.3 is 14.6 Å². The van der Waals surface area contributed by atoms with Gasteiger partial charge in [0.05, 0.1) is 13.2 Å². The number of carbonyl (C=O) groups excluding carboxylic acids is 1. The van der Waals surface area contributed by atoms with Crippen molar-refractivity contribution in [2.45, 2.75) is 26.6 Å². The third kappa shape index (κ3) is 3.55. The molecule has 1 unspecified atom stereocenters. The summed E-state index contributed by atoms with van der Waals surface area (Å²) in [6.45, 7) is 3.66. The van der Waals surface area contributed by atoms with Crippen molar-refractivity contribution in [1.29, 1.82) is 0 Å². The highest BCUT2D eigenvalue weighted by atomic mass is 16.6. The monoisotopic (exact) mass is 224 g/mol. The number of aliphatic hydroxyl groups is 1. The molecule has 4 nitrogen and oxygen atoms in total. The molecule has 1 aromatic carbocycles. The fraction of sp³-hybridized carbons (Fsp3) is 0.417. The first-order chi connectivity index (χ1) is 7.67. The number of rotatable bonds is 5. The summed E-state index contributed by atoms with van der Waals surface area (Å²) in [6.07, 6.45) is -0.645. The van der Waals surface area contributed by atoms with E-state index in [9.17, 15) is 4.79 Å². The Morgan fingerprint density at radius 3 is 2.88 bits per heavy atom. The second-order valence-corrected chi connectivity index (χ2v) is 3.32. The molecule has 0 aliphatic rings. The van der Waals surface area contributed by atoms with Crippen molar-refractivity contribution in [2.75, 3.05) is 6.61 Å². The smallest absolute Gasteiger partial charge is 0.347 e. The van der Waals surface area contributed by atoms with Crippen LogP contribution in [0.4, 0.5) is 0 Å². The van der Waals surface area contributed by atoms with E-state index in [0.29, 0.717) is 12.4 Å². The van der Waals surface area contributed by atoms with E-state index in [1.807, 2.05) is 0 Å². The molecule has 0 saturated carbocycles. The van der Waals surface area contributed by atoms with Crippen LogP contribution in [0.1, 0.15) is 19.4 Å². The Morgan fingerprint density at radius 1 is 1.50 bits per heavy atom. The van der Waals surface area contributed by atoms with Crippen LogP contribution in [-0.4, -0.2) is 23.8 Å². The fourth-order valence-electron chi connectivity index (χ4n) is 1.23. The summed E-state index contributed by atoms with van der Waals surface area (Å²) < 4.78 is 10.2. The summed E-state index contributed by atoms with van der Waals surface area (Å²) in [5.74, 6) is 0.156. The van der Waals surface area contributed by atoms with E-state index in [0.717, 1.165) is 5.56 Å². The number of carbonyl (C=O) groups is 1. The molecule has 88 valence electrons. The van der Waals surface area contributed by atoms with Crippen LogP contribution >= 0.6 is 0 Å². The molecule has 0 saturated heterocycles. The molecule has 1 N–H and O–H groups in total. The van der Waals surface area contributed by atoms with E-state index in [-0.39, 0.29) is 6.61 Å². The van der Waals surface area contributed by atoms with Crippen LogP contribution in [0.15, 0.2) is 24.3 Å². The van der Waals surface area contributed by atoms with E-state index in [4.69, 9.17) is 14.6 Å².